The van der Waals surface area contributed by atoms with Crippen LogP contribution in [0.2, 0.25) is 0 Å². The molecule has 0 unspecified atom stereocenters. The van der Waals surface area contributed by atoms with Gasteiger partial charge in [0.15, 0.2) is 0 Å². The Hall–Kier alpha value is -2.56. The van der Waals surface area contributed by atoms with Gasteiger partial charge in [-0.05, 0) is 18.2 Å². The van der Waals surface area contributed by atoms with Crippen molar-refractivity contribution in [1.82, 2.24) is 19.9 Å². The zero-order valence-electron chi connectivity index (χ0n) is 9.61. The van der Waals surface area contributed by atoms with Crippen molar-refractivity contribution in [2.24, 2.45) is 0 Å². The molecule has 2 heterocycles. The van der Waals surface area contributed by atoms with Crippen LogP contribution >= 0.6 is 0 Å². The topological polar surface area (TPSA) is 63.6 Å². The van der Waals surface area contributed by atoms with Crippen LogP contribution in [0.4, 0.5) is 5.82 Å². The third kappa shape index (κ3) is 2.10. The number of rotatable bonds is 3. The summed E-state index contributed by atoms with van der Waals surface area (Å²) in [5.74, 6) is 1.54. The molecule has 0 spiro atoms. The van der Waals surface area contributed by atoms with E-state index in [9.17, 15) is 0 Å². The van der Waals surface area contributed by atoms with Crippen LogP contribution in [-0.2, 0) is 6.54 Å². The van der Waals surface area contributed by atoms with Crippen molar-refractivity contribution in [2.45, 2.75) is 6.54 Å². The summed E-state index contributed by atoms with van der Waals surface area (Å²) < 4.78 is 0. The van der Waals surface area contributed by atoms with Crippen molar-refractivity contribution in [1.29, 1.82) is 0 Å². The predicted molar refractivity (Wildman–Crippen MR) is 68.9 cm³/mol. The lowest BCUT2D eigenvalue weighted by atomic mass is 10.2. The molecular formula is C13H11N5. The Morgan fingerprint density at radius 1 is 0.889 bits per heavy atom. The lowest BCUT2D eigenvalue weighted by Crippen LogP contribution is -2.05. The van der Waals surface area contributed by atoms with Gasteiger partial charge in [0.1, 0.15) is 18.0 Å². The average Bonchev–Trinajstić information content (AvgIpc) is 2.46. The Morgan fingerprint density at radius 3 is 2.61 bits per heavy atom. The van der Waals surface area contributed by atoms with Gasteiger partial charge < -0.3 is 5.32 Å². The van der Waals surface area contributed by atoms with Crippen molar-refractivity contribution in [2.75, 3.05) is 5.32 Å². The molecule has 2 aromatic heterocycles. The van der Waals surface area contributed by atoms with Gasteiger partial charge in [-0.3, -0.25) is 0 Å². The first-order valence-electron chi connectivity index (χ1n) is 5.63. The van der Waals surface area contributed by atoms with Gasteiger partial charge in [0.2, 0.25) is 0 Å². The van der Waals surface area contributed by atoms with Crippen molar-refractivity contribution in [3.8, 4) is 0 Å². The Kier molecular flexibility index (Phi) is 2.79. The molecule has 0 radical (unpaired) electrons. The van der Waals surface area contributed by atoms with Gasteiger partial charge in [-0.1, -0.05) is 12.1 Å². The van der Waals surface area contributed by atoms with Crippen LogP contribution < -0.4 is 5.32 Å². The second-order valence-corrected chi connectivity index (χ2v) is 3.76. The number of benzene rings is 1. The number of hydrogen-bond donors (Lipinski definition) is 1. The van der Waals surface area contributed by atoms with Crippen LogP contribution in [0.25, 0.3) is 10.9 Å². The molecule has 0 aliphatic rings. The van der Waals surface area contributed by atoms with Gasteiger partial charge in [0.25, 0.3) is 0 Å². The molecule has 1 aromatic carbocycles. The summed E-state index contributed by atoms with van der Waals surface area (Å²) in [5.41, 5.74) is 0.920. The molecule has 1 N–H and O–H groups in total. The normalized spacial score (nSPS) is 10.4. The highest BCUT2D eigenvalue weighted by molar-refractivity contribution is 5.88. The fourth-order valence-electron chi connectivity index (χ4n) is 1.73. The molecule has 5 heteroatoms. The molecule has 88 valence electrons. The first kappa shape index (κ1) is 10.6. The van der Waals surface area contributed by atoms with Crippen LogP contribution in [0, 0.1) is 0 Å². The largest absolute Gasteiger partial charge is 0.362 e. The molecule has 0 amide bonds. The van der Waals surface area contributed by atoms with Crippen LogP contribution in [0.1, 0.15) is 5.82 Å². The van der Waals surface area contributed by atoms with Gasteiger partial charge in [-0.2, -0.15) is 0 Å². The van der Waals surface area contributed by atoms with Crippen molar-refractivity contribution in [3.63, 3.8) is 0 Å². The van der Waals surface area contributed by atoms with E-state index >= 15 is 0 Å². The molecule has 3 aromatic rings. The summed E-state index contributed by atoms with van der Waals surface area (Å²) in [4.78, 5) is 16.8. The van der Waals surface area contributed by atoms with E-state index in [2.05, 4.69) is 25.3 Å². The monoisotopic (exact) mass is 237 g/mol. The van der Waals surface area contributed by atoms with Gasteiger partial charge >= 0.3 is 0 Å². The van der Waals surface area contributed by atoms with E-state index in [0.717, 1.165) is 22.5 Å². The van der Waals surface area contributed by atoms with E-state index < -0.39 is 0 Å². The number of anilines is 1. The van der Waals surface area contributed by atoms with Gasteiger partial charge in [0.05, 0.1) is 12.1 Å². The number of aromatic nitrogens is 4. The summed E-state index contributed by atoms with van der Waals surface area (Å²) in [5, 5.41) is 4.22. The Morgan fingerprint density at radius 2 is 1.72 bits per heavy atom. The SMILES string of the molecule is c1cnc(CNc2ncnc3ccccc23)nc1. The molecule has 5 nitrogen and oxygen atoms in total. The maximum absolute atomic E-state index is 4.24. The minimum atomic E-state index is 0.543. The zero-order valence-corrected chi connectivity index (χ0v) is 9.61. The summed E-state index contributed by atoms with van der Waals surface area (Å²) in [7, 11) is 0. The van der Waals surface area contributed by atoms with E-state index in [-0.39, 0.29) is 0 Å². The van der Waals surface area contributed by atoms with E-state index in [1.807, 2.05) is 24.3 Å². The number of para-hydroxylation sites is 1. The Labute approximate surface area is 104 Å². The van der Waals surface area contributed by atoms with Gasteiger partial charge in [-0.15, -0.1) is 0 Å². The summed E-state index contributed by atoms with van der Waals surface area (Å²) >= 11 is 0. The van der Waals surface area contributed by atoms with E-state index in [1.54, 1.807) is 24.8 Å². The second kappa shape index (κ2) is 4.75. The molecule has 0 saturated heterocycles. The van der Waals surface area contributed by atoms with E-state index in [1.165, 1.54) is 0 Å². The number of hydrogen-bond acceptors (Lipinski definition) is 5. The van der Waals surface area contributed by atoms with Crippen molar-refractivity contribution < 1.29 is 0 Å². The molecular weight excluding hydrogens is 226 g/mol. The quantitative estimate of drug-likeness (QED) is 0.755. The maximum Gasteiger partial charge on any atom is 0.147 e. The minimum Gasteiger partial charge on any atom is -0.362 e. The van der Waals surface area contributed by atoms with Crippen LogP contribution in [0.15, 0.2) is 49.1 Å². The van der Waals surface area contributed by atoms with Crippen molar-refractivity contribution in [3.05, 3.63) is 54.9 Å². The van der Waals surface area contributed by atoms with E-state index in [0.29, 0.717) is 6.54 Å². The smallest absolute Gasteiger partial charge is 0.147 e. The average molecular weight is 237 g/mol. The highest BCUT2D eigenvalue weighted by Gasteiger charge is 2.02. The minimum absolute atomic E-state index is 0.543. The summed E-state index contributed by atoms with van der Waals surface area (Å²) in [6.07, 6.45) is 5.00. The molecule has 18 heavy (non-hydrogen) atoms. The number of fused-ring (bicyclic) bond motifs is 1. The lowest BCUT2D eigenvalue weighted by Gasteiger charge is -2.06. The molecule has 0 fully saturated rings. The highest BCUT2D eigenvalue weighted by Crippen LogP contribution is 2.18. The third-order valence-electron chi connectivity index (χ3n) is 2.58. The molecule has 0 aliphatic carbocycles. The van der Waals surface area contributed by atoms with Crippen LogP contribution in [0.3, 0.4) is 0 Å². The standard InChI is InChI=1S/C13H11N5/c1-2-5-11-10(4-1)13(18-9-17-11)16-8-12-14-6-3-7-15-12/h1-7,9H,8H2,(H,16,17,18). The first-order valence-corrected chi connectivity index (χ1v) is 5.63. The Bertz CT molecular complexity index is 648. The molecule has 0 bridgehead atoms. The van der Waals surface area contributed by atoms with E-state index in [4.69, 9.17) is 0 Å². The highest BCUT2D eigenvalue weighted by atomic mass is 15.0. The fraction of sp³-hybridized carbons (Fsp3) is 0.0769. The van der Waals surface area contributed by atoms with Gasteiger partial charge in [-0.25, -0.2) is 19.9 Å². The number of nitrogens with one attached hydrogen (secondary N) is 1. The molecule has 3 rings (SSSR count). The Balaban J connectivity index is 1.87. The summed E-state index contributed by atoms with van der Waals surface area (Å²) in [6, 6.07) is 9.67. The first-order chi connectivity index (χ1) is 8.93. The van der Waals surface area contributed by atoms with Crippen LogP contribution in [-0.4, -0.2) is 19.9 Å². The predicted octanol–water partition coefficient (Wildman–Crippen LogP) is 2.03. The van der Waals surface area contributed by atoms with Crippen molar-refractivity contribution >= 4 is 16.7 Å². The van der Waals surface area contributed by atoms with Gasteiger partial charge in [0, 0.05) is 17.8 Å². The lowest BCUT2D eigenvalue weighted by molar-refractivity contribution is 0.941. The molecule has 0 atom stereocenters. The second-order valence-electron chi connectivity index (χ2n) is 3.76. The summed E-state index contributed by atoms with van der Waals surface area (Å²) in [6.45, 7) is 0.543. The third-order valence-corrected chi connectivity index (χ3v) is 2.58. The van der Waals surface area contributed by atoms with Crippen LogP contribution in [0.5, 0.6) is 0 Å². The molecule has 0 aliphatic heterocycles. The fourth-order valence-corrected chi connectivity index (χ4v) is 1.73. The number of nitrogens with zero attached hydrogens (tertiary/aromatic N) is 4. The zero-order chi connectivity index (χ0) is 12.2. The maximum atomic E-state index is 4.24. The molecule has 0 saturated carbocycles.